The molecule has 1 atom stereocenters. The molecule has 0 saturated carbocycles. The molecule has 114 valence electrons. The predicted octanol–water partition coefficient (Wildman–Crippen LogP) is 3.08. The Hall–Kier alpha value is -1.81. The summed E-state index contributed by atoms with van der Waals surface area (Å²) in [5.41, 5.74) is 0.676. The van der Waals surface area contributed by atoms with Gasteiger partial charge in [-0.2, -0.15) is 0 Å². The lowest BCUT2D eigenvalue weighted by atomic mass is 9.95. The molecule has 2 aromatic rings. The minimum Gasteiger partial charge on any atom is -0.388 e. The summed E-state index contributed by atoms with van der Waals surface area (Å²) in [5.74, 6) is 0.388. The molecule has 4 heteroatoms. The molecule has 0 fully saturated rings. The third-order valence-corrected chi connectivity index (χ3v) is 3.71. The summed E-state index contributed by atoms with van der Waals surface area (Å²) >= 11 is 0. The van der Waals surface area contributed by atoms with Crippen molar-refractivity contribution in [2.45, 2.75) is 39.2 Å². The maximum atomic E-state index is 12.2. The van der Waals surface area contributed by atoms with E-state index in [1.54, 1.807) is 13.0 Å². The summed E-state index contributed by atoms with van der Waals surface area (Å²) in [6.07, 6.45) is 3.47. The van der Waals surface area contributed by atoms with Gasteiger partial charge < -0.3 is 15.4 Å². The third kappa shape index (κ3) is 4.33. The molecule has 1 amide bonds. The second-order valence-electron chi connectivity index (χ2n) is 6.39. The van der Waals surface area contributed by atoms with Gasteiger partial charge in [0, 0.05) is 23.8 Å². The van der Waals surface area contributed by atoms with Crippen molar-refractivity contribution in [3.05, 3.63) is 36.0 Å². The minimum absolute atomic E-state index is 0.156. The van der Waals surface area contributed by atoms with Gasteiger partial charge in [0.15, 0.2) is 0 Å². The van der Waals surface area contributed by atoms with E-state index >= 15 is 0 Å². The number of amides is 1. The van der Waals surface area contributed by atoms with Crippen LogP contribution >= 0.6 is 0 Å². The number of aromatic nitrogens is 1. The number of aliphatic hydroxyl groups is 1. The number of fused-ring (bicyclic) bond motifs is 1. The molecule has 0 aliphatic carbocycles. The van der Waals surface area contributed by atoms with Gasteiger partial charge in [0.2, 0.25) is 0 Å². The lowest BCUT2D eigenvalue weighted by molar-refractivity contribution is 0.0429. The lowest BCUT2D eigenvalue weighted by Crippen LogP contribution is -2.40. The molecular formula is C17H24N2O2. The number of nitrogens with one attached hydrogen (secondary N) is 2. The van der Waals surface area contributed by atoms with E-state index in [2.05, 4.69) is 24.1 Å². The molecule has 4 nitrogen and oxygen atoms in total. The van der Waals surface area contributed by atoms with Gasteiger partial charge in [0.05, 0.1) is 5.60 Å². The van der Waals surface area contributed by atoms with Crippen molar-refractivity contribution in [1.29, 1.82) is 0 Å². The predicted molar refractivity (Wildman–Crippen MR) is 85.3 cm³/mol. The zero-order valence-electron chi connectivity index (χ0n) is 12.9. The van der Waals surface area contributed by atoms with E-state index < -0.39 is 5.60 Å². The molecule has 0 aliphatic heterocycles. The molecule has 1 aromatic heterocycles. The summed E-state index contributed by atoms with van der Waals surface area (Å²) in [6.45, 7) is 6.28. The summed E-state index contributed by atoms with van der Waals surface area (Å²) in [5, 5.41) is 14.2. The first kappa shape index (κ1) is 15.6. The Morgan fingerprint density at radius 1 is 1.38 bits per heavy atom. The highest BCUT2D eigenvalue weighted by Crippen LogP contribution is 2.17. The number of rotatable bonds is 6. The highest BCUT2D eigenvalue weighted by atomic mass is 16.3. The third-order valence-electron chi connectivity index (χ3n) is 3.71. The van der Waals surface area contributed by atoms with Crippen LogP contribution < -0.4 is 5.32 Å². The largest absolute Gasteiger partial charge is 0.388 e. The average Bonchev–Trinajstić information content (AvgIpc) is 2.90. The van der Waals surface area contributed by atoms with E-state index in [0.29, 0.717) is 17.9 Å². The summed E-state index contributed by atoms with van der Waals surface area (Å²) < 4.78 is 0. The highest BCUT2D eigenvalue weighted by molar-refractivity contribution is 5.97. The van der Waals surface area contributed by atoms with Crippen molar-refractivity contribution in [1.82, 2.24) is 10.3 Å². The molecule has 0 saturated heterocycles. The van der Waals surface area contributed by atoms with Crippen molar-refractivity contribution in [2.75, 3.05) is 6.54 Å². The summed E-state index contributed by atoms with van der Waals surface area (Å²) in [6, 6.07) is 7.51. The van der Waals surface area contributed by atoms with Gasteiger partial charge in [-0.3, -0.25) is 4.79 Å². The Bertz CT molecular complexity index is 614. The molecule has 3 N–H and O–H groups in total. The van der Waals surface area contributed by atoms with Crippen LogP contribution in [0, 0.1) is 5.92 Å². The van der Waals surface area contributed by atoms with E-state index in [4.69, 9.17) is 0 Å². The van der Waals surface area contributed by atoms with Crippen LogP contribution in [0.25, 0.3) is 10.9 Å². The fourth-order valence-electron chi connectivity index (χ4n) is 2.25. The van der Waals surface area contributed by atoms with Crippen molar-refractivity contribution < 1.29 is 9.90 Å². The molecule has 2 rings (SSSR count). The van der Waals surface area contributed by atoms with Gasteiger partial charge in [0.25, 0.3) is 5.91 Å². The van der Waals surface area contributed by atoms with E-state index in [9.17, 15) is 9.90 Å². The van der Waals surface area contributed by atoms with Crippen LogP contribution in [0.4, 0.5) is 0 Å². The molecule has 1 aromatic carbocycles. The molecule has 0 bridgehead atoms. The van der Waals surface area contributed by atoms with Crippen molar-refractivity contribution in [3.63, 3.8) is 0 Å². The Labute approximate surface area is 125 Å². The second kappa shape index (κ2) is 6.31. The quantitative estimate of drug-likeness (QED) is 0.764. The van der Waals surface area contributed by atoms with Gasteiger partial charge in [-0.25, -0.2) is 0 Å². The molecule has 0 aliphatic rings. The maximum Gasteiger partial charge on any atom is 0.251 e. The number of H-pyrrole nitrogens is 1. The highest BCUT2D eigenvalue weighted by Gasteiger charge is 2.21. The topological polar surface area (TPSA) is 65.1 Å². The number of hydrogen-bond donors (Lipinski definition) is 3. The van der Waals surface area contributed by atoms with Crippen LogP contribution in [0.15, 0.2) is 30.5 Å². The van der Waals surface area contributed by atoms with Crippen LogP contribution in [0.3, 0.4) is 0 Å². The van der Waals surface area contributed by atoms with Gasteiger partial charge in [-0.05, 0) is 49.3 Å². The molecule has 1 unspecified atom stereocenters. The Morgan fingerprint density at radius 2 is 2.14 bits per heavy atom. The molecule has 1 heterocycles. The first-order valence-electron chi connectivity index (χ1n) is 7.45. The van der Waals surface area contributed by atoms with Crippen LogP contribution in [0.1, 0.15) is 44.0 Å². The Balaban J connectivity index is 1.94. The smallest absolute Gasteiger partial charge is 0.251 e. The monoisotopic (exact) mass is 288 g/mol. The normalized spacial score (nSPS) is 14.3. The number of aromatic amines is 1. The van der Waals surface area contributed by atoms with Gasteiger partial charge in [-0.15, -0.1) is 0 Å². The van der Waals surface area contributed by atoms with Crippen molar-refractivity contribution in [3.8, 4) is 0 Å². The summed E-state index contributed by atoms with van der Waals surface area (Å²) in [4.78, 5) is 15.2. The zero-order valence-corrected chi connectivity index (χ0v) is 12.9. The van der Waals surface area contributed by atoms with Gasteiger partial charge in [0.1, 0.15) is 0 Å². The number of benzene rings is 1. The van der Waals surface area contributed by atoms with Crippen LogP contribution in [0.5, 0.6) is 0 Å². The minimum atomic E-state index is -0.865. The maximum absolute atomic E-state index is 12.2. The van der Waals surface area contributed by atoms with Crippen LogP contribution in [0.2, 0.25) is 0 Å². The molecular weight excluding hydrogens is 264 g/mol. The number of carbonyl (C=O) groups excluding carboxylic acids is 1. The Kier molecular flexibility index (Phi) is 4.68. The van der Waals surface area contributed by atoms with Crippen molar-refractivity contribution >= 4 is 16.8 Å². The zero-order chi connectivity index (χ0) is 15.5. The van der Waals surface area contributed by atoms with E-state index in [0.717, 1.165) is 17.3 Å². The fraction of sp³-hybridized carbons (Fsp3) is 0.471. The fourth-order valence-corrected chi connectivity index (χ4v) is 2.25. The SMILES string of the molecule is CC(C)CCC(C)(O)CNC(=O)c1ccc2cc[nH]c2c1. The van der Waals surface area contributed by atoms with Crippen LogP contribution in [-0.2, 0) is 0 Å². The van der Waals surface area contributed by atoms with E-state index in [1.165, 1.54) is 0 Å². The Morgan fingerprint density at radius 3 is 2.86 bits per heavy atom. The molecule has 0 spiro atoms. The number of hydrogen-bond acceptors (Lipinski definition) is 2. The summed E-state index contributed by atoms with van der Waals surface area (Å²) in [7, 11) is 0. The average molecular weight is 288 g/mol. The second-order valence-corrected chi connectivity index (χ2v) is 6.39. The van der Waals surface area contributed by atoms with E-state index in [-0.39, 0.29) is 12.5 Å². The van der Waals surface area contributed by atoms with Crippen LogP contribution in [-0.4, -0.2) is 28.1 Å². The standard InChI is InChI=1S/C17H24N2O2/c1-12(2)6-8-17(3,21)11-19-16(20)14-5-4-13-7-9-18-15(13)10-14/h4-5,7,9-10,12,18,21H,6,8,11H2,1-3H3,(H,19,20). The van der Waals surface area contributed by atoms with E-state index in [1.807, 2.05) is 24.4 Å². The first-order valence-corrected chi connectivity index (χ1v) is 7.45. The molecule has 0 radical (unpaired) electrons. The molecule has 21 heavy (non-hydrogen) atoms. The van der Waals surface area contributed by atoms with Gasteiger partial charge in [-0.1, -0.05) is 19.9 Å². The lowest BCUT2D eigenvalue weighted by Gasteiger charge is -2.24. The number of carbonyl (C=O) groups is 1. The van der Waals surface area contributed by atoms with Crippen molar-refractivity contribution in [2.24, 2.45) is 5.92 Å². The van der Waals surface area contributed by atoms with Gasteiger partial charge >= 0.3 is 0 Å². The first-order chi connectivity index (χ1) is 9.87.